The van der Waals surface area contributed by atoms with Gasteiger partial charge in [-0.2, -0.15) is 5.10 Å². The summed E-state index contributed by atoms with van der Waals surface area (Å²) in [6, 6.07) is 11.8. The molecule has 0 saturated carbocycles. The van der Waals surface area contributed by atoms with Crippen molar-refractivity contribution in [2.24, 2.45) is 5.10 Å². The maximum absolute atomic E-state index is 6.02. The molecule has 2 aromatic heterocycles. The molecule has 0 spiro atoms. The van der Waals surface area contributed by atoms with Gasteiger partial charge in [0.1, 0.15) is 0 Å². The van der Waals surface area contributed by atoms with Crippen molar-refractivity contribution < 1.29 is 4.74 Å². The Kier molecular flexibility index (Phi) is 4.83. The summed E-state index contributed by atoms with van der Waals surface area (Å²) in [5, 5.41) is 7.30. The number of benzene rings is 1. The predicted octanol–water partition coefficient (Wildman–Crippen LogP) is 4.23. The highest BCUT2D eigenvalue weighted by molar-refractivity contribution is 7.17. The number of hydrogen-bond donors (Lipinski definition) is 1. The molecule has 128 valence electrons. The first-order valence-corrected chi connectivity index (χ1v) is 9.25. The number of anilines is 2. The molecule has 1 aliphatic heterocycles. The van der Waals surface area contributed by atoms with E-state index in [-0.39, 0.29) is 0 Å². The molecule has 0 atom stereocenters. The Labute approximate surface area is 154 Å². The Bertz CT molecular complexity index is 905. The number of fused-ring (bicyclic) bond motifs is 1. The number of nitrogens with one attached hydrogen (secondary N) is 1. The lowest BCUT2D eigenvalue weighted by Gasteiger charge is -2.27. The van der Waals surface area contributed by atoms with Crippen LogP contribution >= 0.6 is 22.9 Å². The van der Waals surface area contributed by atoms with Crippen LogP contribution in [0.3, 0.4) is 0 Å². The Hall–Kier alpha value is -2.15. The van der Waals surface area contributed by atoms with Crippen LogP contribution < -0.4 is 10.3 Å². The third-order valence-electron chi connectivity index (χ3n) is 4.02. The van der Waals surface area contributed by atoms with Gasteiger partial charge in [-0.1, -0.05) is 11.6 Å². The van der Waals surface area contributed by atoms with Crippen LogP contribution in [-0.2, 0) is 4.74 Å². The molecule has 0 radical (unpaired) electrons. The third kappa shape index (κ3) is 3.76. The Morgan fingerprint density at radius 1 is 1.20 bits per heavy atom. The summed E-state index contributed by atoms with van der Waals surface area (Å²) in [7, 11) is 0. The van der Waals surface area contributed by atoms with Gasteiger partial charge in [0.2, 0.25) is 0 Å². The number of thiophene rings is 1. The van der Waals surface area contributed by atoms with Crippen molar-refractivity contribution in [2.75, 3.05) is 36.6 Å². The van der Waals surface area contributed by atoms with Gasteiger partial charge >= 0.3 is 0 Å². The average Bonchev–Trinajstić information content (AvgIpc) is 3.11. The van der Waals surface area contributed by atoms with Crippen LogP contribution in [0.1, 0.15) is 4.88 Å². The van der Waals surface area contributed by atoms with Crippen molar-refractivity contribution in [1.82, 2.24) is 4.98 Å². The van der Waals surface area contributed by atoms with Gasteiger partial charge < -0.3 is 9.64 Å². The molecule has 3 aromatic rings. The van der Waals surface area contributed by atoms with Crippen molar-refractivity contribution in [3.63, 3.8) is 0 Å². The number of halogens is 1. The summed E-state index contributed by atoms with van der Waals surface area (Å²) in [6.45, 7) is 3.48. The highest BCUT2D eigenvalue weighted by Gasteiger charge is 2.12. The fourth-order valence-electron chi connectivity index (χ4n) is 2.75. The minimum Gasteiger partial charge on any atom is -0.378 e. The fraction of sp³-hybridized carbons (Fsp3) is 0.222. The van der Waals surface area contributed by atoms with Gasteiger partial charge in [0.25, 0.3) is 0 Å². The van der Waals surface area contributed by atoms with E-state index in [1.807, 2.05) is 30.5 Å². The maximum Gasteiger partial charge on any atom is 0.0916 e. The lowest BCUT2D eigenvalue weighted by molar-refractivity contribution is 0.123. The monoisotopic (exact) mass is 372 g/mol. The van der Waals surface area contributed by atoms with Crippen molar-refractivity contribution >= 4 is 50.7 Å². The second-order valence-electron chi connectivity index (χ2n) is 5.67. The second kappa shape index (κ2) is 7.39. The van der Waals surface area contributed by atoms with E-state index in [1.54, 1.807) is 17.5 Å². The van der Waals surface area contributed by atoms with Crippen LogP contribution in [0, 0.1) is 0 Å². The number of hydrogen-bond acceptors (Lipinski definition) is 6. The first-order chi connectivity index (χ1) is 12.3. The topological polar surface area (TPSA) is 49.8 Å². The second-order valence-corrected chi connectivity index (χ2v) is 7.20. The van der Waals surface area contributed by atoms with Crippen molar-refractivity contribution in [3.05, 3.63) is 52.5 Å². The molecule has 1 aromatic carbocycles. The van der Waals surface area contributed by atoms with Crippen LogP contribution in [0.25, 0.3) is 10.9 Å². The normalized spacial score (nSPS) is 15.2. The number of rotatable bonds is 4. The molecular formula is C18H17ClN4OS. The molecule has 3 heterocycles. The minimum absolute atomic E-state index is 0.676. The molecule has 4 rings (SSSR count). The molecule has 0 unspecified atom stereocenters. The number of pyridine rings is 1. The number of ether oxygens (including phenoxy) is 1. The summed E-state index contributed by atoms with van der Waals surface area (Å²) >= 11 is 7.75. The third-order valence-corrected chi connectivity index (χ3v) is 5.33. The highest BCUT2D eigenvalue weighted by atomic mass is 35.5. The van der Waals surface area contributed by atoms with Crippen molar-refractivity contribution in [3.8, 4) is 0 Å². The van der Waals surface area contributed by atoms with Crippen LogP contribution in [0.2, 0.25) is 5.02 Å². The fourth-order valence-corrected chi connectivity index (χ4v) is 3.85. The number of aromatic nitrogens is 1. The van der Waals surface area contributed by atoms with E-state index >= 15 is 0 Å². The van der Waals surface area contributed by atoms with Gasteiger partial charge in [-0.25, -0.2) is 0 Å². The van der Waals surface area contributed by atoms with Gasteiger partial charge in [-0.3, -0.25) is 10.4 Å². The van der Waals surface area contributed by atoms with Crippen LogP contribution in [0.15, 0.2) is 47.7 Å². The van der Waals surface area contributed by atoms with Gasteiger partial charge in [0.15, 0.2) is 0 Å². The average molecular weight is 373 g/mol. The van der Waals surface area contributed by atoms with Crippen LogP contribution in [0.4, 0.5) is 10.7 Å². The Morgan fingerprint density at radius 3 is 2.96 bits per heavy atom. The molecule has 5 nitrogen and oxygen atoms in total. The number of nitrogens with zero attached hydrogens (tertiary/aromatic N) is 3. The molecule has 0 aliphatic carbocycles. The quantitative estimate of drug-likeness (QED) is 0.550. The van der Waals surface area contributed by atoms with Crippen LogP contribution in [0.5, 0.6) is 0 Å². The summed E-state index contributed by atoms with van der Waals surface area (Å²) in [5.74, 6) is 0. The van der Waals surface area contributed by atoms with Gasteiger partial charge in [0, 0.05) is 34.6 Å². The molecule has 1 aliphatic rings. The molecule has 7 heteroatoms. The van der Waals surface area contributed by atoms with E-state index in [9.17, 15) is 0 Å². The Balaban J connectivity index is 1.47. The zero-order valence-electron chi connectivity index (χ0n) is 13.5. The molecule has 0 amide bonds. The first kappa shape index (κ1) is 16.3. The molecule has 0 bridgehead atoms. The van der Waals surface area contributed by atoms with E-state index < -0.39 is 0 Å². The van der Waals surface area contributed by atoms with E-state index in [2.05, 4.69) is 32.5 Å². The van der Waals surface area contributed by atoms with E-state index in [1.165, 1.54) is 5.00 Å². The van der Waals surface area contributed by atoms with Gasteiger partial charge in [-0.15, -0.1) is 11.3 Å². The van der Waals surface area contributed by atoms with Gasteiger partial charge in [0.05, 0.1) is 35.6 Å². The van der Waals surface area contributed by atoms with Crippen LogP contribution in [-0.4, -0.2) is 37.5 Å². The van der Waals surface area contributed by atoms with E-state index in [0.29, 0.717) is 5.02 Å². The van der Waals surface area contributed by atoms with E-state index in [4.69, 9.17) is 16.3 Å². The number of hydrazone groups is 1. The lowest BCUT2D eigenvalue weighted by atomic mass is 10.2. The summed E-state index contributed by atoms with van der Waals surface area (Å²) in [5.41, 5.74) is 4.86. The molecule has 1 saturated heterocycles. The van der Waals surface area contributed by atoms with Gasteiger partial charge in [-0.05, 0) is 36.4 Å². The summed E-state index contributed by atoms with van der Waals surface area (Å²) in [4.78, 5) is 7.79. The Morgan fingerprint density at radius 2 is 2.08 bits per heavy atom. The molecule has 1 fully saturated rings. The van der Waals surface area contributed by atoms with Crippen molar-refractivity contribution in [1.29, 1.82) is 0 Å². The molecule has 1 N–H and O–H groups in total. The number of morpholine rings is 1. The SMILES string of the molecule is Clc1ccc2c(N/N=C\c3ccc(N4CCOCC4)s3)ccnc2c1. The highest BCUT2D eigenvalue weighted by Crippen LogP contribution is 2.26. The maximum atomic E-state index is 6.02. The summed E-state index contributed by atoms with van der Waals surface area (Å²) < 4.78 is 5.40. The lowest BCUT2D eigenvalue weighted by Crippen LogP contribution is -2.35. The molecule has 25 heavy (non-hydrogen) atoms. The van der Waals surface area contributed by atoms with Crippen molar-refractivity contribution in [2.45, 2.75) is 0 Å². The zero-order chi connectivity index (χ0) is 17.1. The first-order valence-electron chi connectivity index (χ1n) is 8.05. The summed E-state index contributed by atoms with van der Waals surface area (Å²) in [6.07, 6.45) is 3.59. The smallest absolute Gasteiger partial charge is 0.0916 e. The predicted molar refractivity (Wildman–Crippen MR) is 105 cm³/mol. The standard InChI is InChI=1S/C18H17ClN4OS/c19-13-1-3-15-16(5-6-20-17(15)11-13)22-21-12-14-2-4-18(25-14)23-7-9-24-10-8-23/h1-6,11-12H,7-10H2,(H,20,22)/b21-12-. The zero-order valence-corrected chi connectivity index (χ0v) is 15.1. The molecular weight excluding hydrogens is 356 g/mol. The largest absolute Gasteiger partial charge is 0.378 e. The van der Waals surface area contributed by atoms with E-state index in [0.717, 1.165) is 47.8 Å². The minimum atomic E-state index is 0.676.